The Kier molecular flexibility index (Phi) is 5.62. The number of ketones is 2. The van der Waals surface area contributed by atoms with Crippen molar-refractivity contribution in [1.29, 1.82) is 0 Å². The zero-order valence-electron chi connectivity index (χ0n) is 20.2. The van der Waals surface area contributed by atoms with Crippen LogP contribution in [0.3, 0.4) is 0 Å². The van der Waals surface area contributed by atoms with Crippen molar-refractivity contribution >= 4 is 11.6 Å². The number of nitrogens with zero attached hydrogens (tertiary/aromatic N) is 4. The maximum Gasteiger partial charge on any atom is 0.196 e. The average Bonchev–Trinajstić information content (AvgIpc) is 3.24. The fourth-order valence-electron chi connectivity index (χ4n) is 5.66. The Hall–Kier alpha value is -3.29. The van der Waals surface area contributed by atoms with Crippen molar-refractivity contribution in [3.05, 3.63) is 82.2 Å². The van der Waals surface area contributed by atoms with E-state index in [0.717, 1.165) is 47.9 Å². The molecule has 0 bridgehead atoms. The van der Waals surface area contributed by atoms with Gasteiger partial charge in [0.15, 0.2) is 17.1 Å². The molecule has 0 radical (unpaired) electrons. The number of aryl methyl sites for hydroxylation is 2. The second-order valence-electron chi connectivity index (χ2n) is 9.16. The van der Waals surface area contributed by atoms with Crippen LogP contribution >= 0.6 is 0 Å². The van der Waals surface area contributed by atoms with Crippen LogP contribution in [0.25, 0.3) is 0 Å². The number of piperazine rings is 1. The van der Waals surface area contributed by atoms with E-state index in [1.807, 2.05) is 51.2 Å². The maximum absolute atomic E-state index is 14.1. The van der Waals surface area contributed by atoms with Crippen LogP contribution in [0.15, 0.2) is 48.5 Å². The number of hydrogen-bond acceptors (Lipinski definition) is 6. The summed E-state index contributed by atoms with van der Waals surface area (Å²) in [5.74, 6) is 0.607. The molecule has 0 spiro atoms. The molecule has 2 aliphatic rings. The van der Waals surface area contributed by atoms with Crippen LogP contribution in [0.2, 0.25) is 0 Å². The molecule has 0 saturated carbocycles. The highest BCUT2D eigenvalue weighted by atomic mass is 16.5. The Labute approximate surface area is 199 Å². The van der Waals surface area contributed by atoms with Gasteiger partial charge in [0.25, 0.3) is 0 Å². The predicted octanol–water partition coefficient (Wildman–Crippen LogP) is 3.14. The standard InChI is InChI=1S/C27H30N4O3/c1-18-24(19(2)29(3)28-18)27(25(32)21-10-6-7-11-22(21)26(27)33)31-15-13-30(14-16-31)17-20-9-5-8-12-23(20)34-4/h5-12H,13-17H2,1-4H3. The molecule has 0 amide bonds. The van der Waals surface area contributed by atoms with Gasteiger partial charge in [0.1, 0.15) is 5.75 Å². The Morgan fingerprint density at radius 2 is 1.50 bits per heavy atom. The van der Waals surface area contributed by atoms with E-state index < -0.39 is 5.54 Å². The van der Waals surface area contributed by atoms with Gasteiger partial charge in [-0.05, 0) is 19.9 Å². The van der Waals surface area contributed by atoms with Crippen molar-refractivity contribution in [1.82, 2.24) is 19.6 Å². The van der Waals surface area contributed by atoms with Gasteiger partial charge in [-0.25, -0.2) is 0 Å². The normalized spacial score (nSPS) is 18.4. The number of methoxy groups -OCH3 is 1. The quantitative estimate of drug-likeness (QED) is 0.548. The van der Waals surface area contributed by atoms with Gasteiger partial charge in [-0.15, -0.1) is 0 Å². The van der Waals surface area contributed by atoms with Crippen molar-refractivity contribution in [2.24, 2.45) is 7.05 Å². The second-order valence-corrected chi connectivity index (χ2v) is 9.16. The molecule has 0 unspecified atom stereocenters. The molecule has 1 aromatic heterocycles. The SMILES string of the molecule is COc1ccccc1CN1CCN(C2(c3c(C)nn(C)c3C)C(=O)c3ccccc3C2=O)CC1. The molecule has 34 heavy (non-hydrogen) atoms. The first-order valence-electron chi connectivity index (χ1n) is 11.7. The van der Waals surface area contributed by atoms with Crippen LogP contribution in [-0.2, 0) is 19.1 Å². The van der Waals surface area contributed by atoms with Gasteiger partial charge in [-0.2, -0.15) is 5.10 Å². The number of fused-ring (bicyclic) bond motifs is 1. The van der Waals surface area contributed by atoms with E-state index in [2.05, 4.69) is 21.0 Å². The summed E-state index contributed by atoms with van der Waals surface area (Å²) >= 11 is 0. The van der Waals surface area contributed by atoms with E-state index in [9.17, 15) is 9.59 Å². The third-order valence-electron chi connectivity index (χ3n) is 7.38. The topological polar surface area (TPSA) is 67.7 Å². The summed E-state index contributed by atoms with van der Waals surface area (Å²) < 4.78 is 7.29. The number of para-hydroxylation sites is 1. The number of rotatable bonds is 5. The van der Waals surface area contributed by atoms with Gasteiger partial charge in [0, 0.05) is 67.7 Å². The number of carbonyl (C=O) groups excluding carboxylic acids is 2. The molecule has 5 rings (SSSR count). The summed E-state index contributed by atoms with van der Waals surface area (Å²) in [4.78, 5) is 32.6. The molecule has 176 valence electrons. The highest BCUT2D eigenvalue weighted by molar-refractivity contribution is 6.33. The third-order valence-corrected chi connectivity index (χ3v) is 7.38. The molecule has 2 heterocycles. The summed E-state index contributed by atoms with van der Waals surface area (Å²) in [6.07, 6.45) is 0. The van der Waals surface area contributed by atoms with Gasteiger partial charge < -0.3 is 4.74 Å². The van der Waals surface area contributed by atoms with Crippen molar-refractivity contribution in [3.63, 3.8) is 0 Å². The Morgan fingerprint density at radius 3 is 2.06 bits per heavy atom. The highest BCUT2D eigenvalue weighted by Crippen LogP contribution is 2.45. The molecule has 1 aliphatic heterocycles. The number of aromatic nitrogens is 2. The third kappa shape index (κ3) is 3.22. The lowest BCUT2D eigenvalue weighted by molar-refractivity contribution is 0.0274. The first kappa shape index (κ1) is 22.5. The van der Waals surface area contributed by atoms with Gasteiger partial charge in [0.2, 0.25) is 0 Å². The summed E-state index contributed by atoms with van der Waals surface area (Å²) in [5.41, 5.74) is 3.10. The summed E-state index contributed by atoms with van der Waals surface area (Å²) in [6.45, 7) is 7.30. The first-order valence-corrected chi connectivity index (χ1v) is 11.7. The van der Waals surface area contributed by atoms with E-state index >= 15 is 0 Å². The average molecular weight is 459 g/mol. The lowest BCUT2D eigenvalue weighted by atomic mass is 9.81. The van der Waals surface area contributed by atoms with Crippen molar-refractivity contribution in [2.75, 3.05) is 33.3 Å². The van der Waals surface area contributed by atoms with Crippen LogP contribution < -0.4 is 4.74 Å². The molecule has 1 saturated heterocycles. The lowest BCUT2D eigenvalue weighted by Gasteiger charge is -2.44. The summed E-state index contributed by atoms with van der Waals surface area (Å²) in [7, 11) is 3.55. The van der Waals surface area contributed by atoms with Crippen LogP contribution in [0, 0.1) is 13.8 Å². The fraction of sp³-hybridized carbons (Fsp3) is 0.370. The number of ether oxygens (including phenoxy) is 1. The maximum atomic E-state index is 14.1. The van der Waals surface area contributed by atoms with Gasteiger partial charge in [0.05, 0.1) is 12.8 Å². The summed E-state index contributed by atoms with van der Waals surface area (Å²) in [5, 5.41) is 4.58. The number of carbonyl (C=O) groups is 2. The molecule has 1 aliphatic carbocycles. The first-order chi connectivity index (χ1) is 16.4. The van der Waals surface area contributed by atoms with Gasteiger partial charge in [-0.3, -0.25) is 24.1 Å². The van der Waals surface area contributed by atoms with Crippen LogP contribution in [0.1, 0.15) is 43.2 Å². The predicted molar refractivity (Wildman–Crippen MR) is 129 cm³/mol. The van der Waals surface area contributed by atoms with E-state index in [1.165, 1.54) is 0 Å². The minimum Gasteiger partial charge on any atom is -0.496 e. The van der Waals surface area contributed by atoms with Crippen molar-refractivity contribution in [2.45, 2.75) is 25.9 Å². The largest absolute Gasteiger partial charge is 0.496 e. The molecule has 1 fully saturated rings. The zero-order chi connectivity index (χ0) is 24.0. The minimum absolute atomic E-state index is 0.134. The van der Waals surface area contributed by atoms with E-state index in [-0.39, 0.29) is 11.6 Å². The fourth-order valence-corrected chi connectivity index (χ4v) is 5.66. The molecular weight excluding hydrogens is 428 g/mol. The zero-order valence-corrected chi connectivity index (χ0v) is 20.2. The van der Waals surface area contributed by atoms with Crippen LogP contribution in [0.5, 0.6) is 5.75 Å². The summed E-state index contributed by atoms with van der Waals surface area (Å²) in [6, 6.07) is 15.2. The monoisotopic (exact) mass is 458 g/mol. The van der Waals surface area contributed by atoms with Crippen molar-refractivity contribution in [3.8, 4) is 5.75 Å². The van der Waals surface area contributed by atoms with Crippen molar-refractivity contribution < 1.29 is 14.3 Å². The van der Waals surface area contributed by atoms with Gasteiger partial charge in [-0.1, -0.05) is 42.5 Å². The second kappa shape index (κ2) is 8.49. The van der Waals surface area contributed by atoms with Crippen LogP contribution in [0.4, 0.5) is 0 Å². The Bertz CT molecular complexity index is 1240. The van der Waals surface area contributed by atoms with Gasteiger partial charge >= 0.3 is 0 Å². The number of benzene rings is 2. The smallest absolute Gasteiger partial charge is 0.196 e. The molecular formula is C27H30N4O3. The van der Waals surface area contributed by atoms with E-state index in [4.69, 9.17) is 4.74 Å². The molecule has 7 nitrogen and oxygen atoms in total. The van der Waals surface area contributed by atoms with Crippen LogP contribution in [-0.4, -0.2) is 64.4 Å². The Balaban J connectivity index is 1.50. The minimum atomic E-state index is -1.36. The molecule has 2 aromatic carbocycles. The van der Waals surface area contributed by atoms with E-state index in [0.29, 0.717) is 24.2 Å². The number of hydrogen-bond donors (Lipinski definition) is 0. The number of Topliss-reactive ketones (excluding diaryl/α,β-unsaturated/α-hetero) is 2. The molecule has 7 heteroatoms. The molecule has 3 aromatic rings. The highest BCUT2D eigenvalue weighted by Gasteiger charge is 2.60. The van der Waals surface area contributed by atoms with E-state index in [1.54, 1.807) is 23.9 Å². The molecule has 0 atom stereocenters. The lowest BCUT2D eigenvalue weighted by Crippen LogP contribution is -2.60. The Morgan fingerprint density at radius 1 is 0.912 bits per heavy atom. The molecule has 0 N–H and O–H groups in total.